The van der Waals surface area contributed by atoms with Gasteiger partial charge >= 0.3 is 0 Å². The molecule has 0 unspecified atom stereocenters. The maximum absolute atomic E-state index is 12.9. The minimum atomic E-state index is -0.451. The van der Waals surface area contributed by atoms with Crippen molar-refractivity contribution in [3.05, 3.63) is 82.6 Å². The number of pyridine rings is 1. The Morgan fingerprint density at radius 2 is 2.11 bits per heavy atom. The van der Waals surface area contributed by atoms with Crippen molar-refractivity contribution >= 4 is 11.5 Å². The average Bonchev–Trinajstić information content (AvgIpc) is 2.68. The number of nitrogens with zero attached hydrogens (tertiary/aromatic N) is 3. The van der Waals surface area contributed by atoms with Gasteiger partial charge in [0, 0.05) is 35.8 Å². The molecule has 0 radical (unpaired) electrons. The zero-order valence-corrected chi connectivity index (χ0v) is 15.1. The Labute approximate surface area is 158 Å². The lowest BCUT2D eigenvalue weighted by Crippen LogP contribution is -2.38. The molecule has 0 saturated carbocycles. The molecule has 1 aromatic carbocycles. The van der Waals surface area contributed by atoms with E-state index in [1.54, 1.807) is 12.4 Å². The number of aromatic nitrogens is 1. The third kappa shape index (κ3) is 2.80. The first kappa shape index (κ1) is 17.0. The van der Waals surface area contributed by atoms with Crippen molar-refractivity contribution in [1.29, 1.82) is 5.26 Å². The molecule has 5 heteroatoms. The van der Waals surface area contributed by atoms with Gasteiger partial charge in [-0.15, -0.1) is 0 Å². The number of nitriles is 1. The lowest BCUT2D eigenvalue weighted by Gasteiger charge is -2.39. The molecule has 1 aliphatic heterocycles. The highest BCUT2D eigenvalue weighted by Gasteiger charge is 2.40. The summed E-state index contributed by atoms with van der Waals surface area (Å²) in [5, 5.41) is 9.92. The maximum atomic E-state index is 12.9. The van der Waals surface area contributed by atoms with E-state index in [4.69, 9.17) is 5.73 Å². The molecule has 0 fully saturated rings. The molecule has 0 amide bonds. The largest absolute Gasteiger partial charge is 0.384 e. The lowest BCUT2D eigenvalue weighted by atomic mass is 9.76. The minimum absolute atomic E-state index is 0.0861. The van der Waals surface area contributed by atoms with Crippen molar-refractivity contribution in [3.63, 3.8) is 0 Å². The summed E-state index contributed by atoms with van der Waals surface area (Å²) in [6.45, 7) is 2.01. The van der Waals surface area contributed by atoms with Crippen LogP contribution in [0.15, 0.2) is 71.5 Å². The minimum Gasteiger partial charge on any atom is -0.384 e. The third-order valence-corrected chi connectivity index (χ3v) is 5.19. The Kier molecular flexibility index (Phi) is 4.25. The fraction of sp³-hybridized carbons (Fsp3) is 0.227. The van der Waals surface area contributed by atoms with Crippen LogP contribution >= 0.6 is 0 Å². The number of Topliss-reactive ketones (excluding diaryl/α,β-unsaturated/α-hetero) is 1. The molecular formula is C22H20N4O. The molecule has 4 rings (SSSR count). The number of nitrogens with two attached hydrogens (primary N) is 1. The Morgan fingerprint density at radius 1 is 1.26 bits per heavy atom. The van der Waals surface area contributed by atoms with E-state index in [-0.39, 0.29) is 5.78 Å². The molecule has 2 N–H and O–H groups in total. The molecule has 5 nitrogen and oxygen atoms in total. The van der Waals surface area contributed by atoms with Crippen molar-refractivity contribution < 1.29 is 4.79 Å². The second-order valence-corrected chi connectivity index (χ2v) is 6.94. The van der Waals surface area contributed by atoms with Gasteiger partial charge in [-0.25, -0.2) is 0 Å². The van der Waals surface area contributed by atoms with Gasteiger partial charge in [-0.05, 0) is 49.1 Å². The monoisotopic (exact) mass is 356 g/mol. The molecule has 27 heavy (non-hydrogen) atoms. The molecular weight excluding hydrogens is 336 g/mol. The second kappa shape index (κ2) is 6.73. The van der Waals surface area contributed by atoms with Gasteiger partial charge in [-0.3, -0.25) is 14.7 Å². The van der Waals surface area contributed by atoms with E-state index in [9.17, 15) is 10.1 Å². The smallest absolute Gasteiger partial charge is 0.161 e. The zero-order valence-electron chi connectivity index (χ0n) is 15.1. The summed E-state index contributed by atoms with van der Waals surface area (Å²) in [7, 11) is 0. The number of carbonyl (C=O) groups is 1. The fourth-order valence-corrected chi connectivity index (χ4v) is 4.03. The number of rotatable bonds is 2. The number of hydrogen-bond donors (Lipinski definition) is 1. The Hall–Kier alpha value is -3.39. The summed E-state index contributed by atoms with van der Waals surface area (Å²) in [6.07, 6.45) is 5.43. The molecule has 1 aromatic heterocycles. The van der Waals surface area contributed by atoms with Crippen LogP contribution < -0.4 is 10.6 Å². The van der Waals surface area contributed by atoms with Crippen molar-refractivity contribution in [1.82, 2.24) is 4.98 Å². The normalized spacial score (nSPS) is 19.8. The van der Waals surface area contributed by atoms with Crippen LogP contribution in [0.3, 0.4) is 0 Å². The van der Waals surface area contributed by atoms with E-state index in [2.05, 4.69) is 11.1 Å². The van der Waals surface area contributed by atoms with Gasteiger partial charge in [-0.2, -0.15) is 5.26 Å². The molecule has 2 aliphatic rings. The number of ketones is 1. The highest BCUT2D eigenvalue weighted by Crippen LogP contribution is 2.46. The van der Waals surface area contributed by atoms with Crippen LogP contribution in [0.1, 0.15) is 36.3 Å². The van der Waals surface area contributed by atoms with Crippen LogP contribution in [-0.4, -0.2) is 10.8 Å². The van der Waals surface area contributed by atoms with Crippen LogP contribution in [0.5, 0.6) is 0 Å². The van der Waals surface area contributed by atoms with E-state index < -0.39 is 5.92 Å². The van der Waals surface area contributed by atoms with Gasteiger partial charge < -0.3 is 5.73 Å². The van der Waals surface area contributed by atoms with E-state index in [0.717, 1.165) is 35.4 Å². The molecule has 1 atom stereocenters. The summed E-state index contributed by atoms with van der Waals surface area (Å²) in [6, 6.07) is 13.9. The van der Waals surface area contributed by atoms with Crippen LogP contribution in [0.2, 0.25) is 0 Å². The summed E-state index contributed by atoms with van der Waals surface area (Å²) in [5.41, 5.74) is 11.3. The first-order valence-electron chi connectivity index (χ1n) is 9.04. The summed E-state index contributed by atoms with van der Waals surface area (Å²) in [5.74, 6) is 0.0287. The topological polar surface area (TPSA) is 83.0 Å². The molecule has 2 aromatic rings. The fourth-order valence-electron chi connectivity index (χ4n) is 4.03. The van der Waals surface area contributed by atoms with E-state index >= 15 is 0 Å². The first-order chi connectivity index (χ1) is 13.1. The number of aryl methyl sites for hydroxylation is 1. The summed E-state index contributed by atoms with van der Waals surface area (Å²) >= 11 is 0. The summed E-state index contributed by atoms with van der Waals surface area (Å²) in [4.78, 5) is 19.0. The van der Waals surface area contributed by atoms with Crippen LogP contribution in [-0.2, 0) is 4.79 Å². The van der Waals surface area contributed by atoms with Gasteiger partial charge in [0.25, 0.3) is 0 Å². The van der Waals surface area contributed by atoms with Crippen molar-refractivity contribution in [2.45, 2.75) is 32.1 Å². The highest BCUT2D eigenvalue weighted by atomic mass is 16.1. The van der Waals surface area contributed by atoms with Gasteiger partial charge in [0.15, 0.2) is 5.78 Å². The van der Waals surface area contributed by atoms with E-state index in [0.29, 0.717) is 23.4 Å². The van der Waals surface area contributed by atoms with Crippen LogP contribution in [0.25, 0.3) is 0 Å². The zero-order chi connectivity index (χ0) is 19.0. The maximum Gasteiger partial charge on any atom is 0.161 e. The SMILES string of the molecule is Cc1cccc(N2C(N)=C(C#N)[C@H](c3cccnc3)C3=C2CCCC3=O)c1. The van der Waals surface area contributed by atoms with Crippen LogP contribution in [0, 0.1) is 18.3 Å². The first-order valence-corrected chi connectivity index (χ1v) is 9.04. The Balaban J connectivity index is 1.98. The predicted octanol–water partition coefficient (Wildman–Crippen LogP) is 3.69. The summed E-state index contributed by atoms with van der Waals surface area (Å²) < 4.78 is 0. The molecule has 0 bridgehead atoms. The van der Waals surface area contributed by atoms with Gasteiger partial charge in [-0.1, -0.05) is 18.2 Å². The van der Waals surface area contributed by atoms with Crippen molar-refractivity contribution in [2.75, 3.05) is 4.90 Å². The molecule has 0 spiro atoms. The molecule has 2 heterocycles. The second-order valence-electron chi connectivity index (χ2n) is 6.94. The van der Waals surface area contributed by atoms with Gasteiger partial charge in [0.1, 0.15) is 5.82 Å². The number of carbonyl (C=O) groups excluding carboxylic acids is 1. The van der Waals surface area contributed by atoms with Crippen molar-refractivity contribution in [2.24, 2.45) is 5.73 Å². The average molecular weight is 356 g/mol. The van der Waals surface area contributed by atoms with E-state index in [1.807, 2.05) is 48.2 Å². The van der Waals surface area contributed by atoms with Crippen molar-refractivity contribution in [3.8, 4) is 6.07 Å². The quantitative estimate of drug-likeness (QED) is 0.887. The highest BCUT2D eigenvalue weighted by molar-refractivity contribution is 6.01. The molecule has 134 valence electrons. The Bertz CT molecular complexity index is 1010. The van der Waals surface area contributed by atoms with Gasteiger partial charge in [0.05, 0.1) is 17.6 Å². The number of anilines is 1. The number of hydrogen-bond acceptors (Lipinski definition) is 5. The molecule has 0 saturated heterocycles. The van der Waals surface area contributed by atoms with Gasteiger partial charge in [0.2, 0.25) is 0 Å². The van der Waals surface area contributed by atoms with E-state index in [1.165, 1.54) is 0 Å². The Morgan fingerprint density at radius 3 is 2.81 bits per heavy atom. The number of benzene rings is 1. The standard InChI is InChI=1S/C22H20N4O/c1-14-5-2-7-16(11-14)26-18-8-3-9-19(27)21(18)20(17(12-23)22(26)24)15-6-4-10-25-13-15/h2,4-7,10-11,13,20H,3,8-9,24H2,1H3/t20-/m0/s1. The van der Waals surface area contributed by atoms with Crippen LogP contribution in [0.4, 0.5) is 5.69 Å². The molecule has 1 aliphatic carbocycles. The third-order valence-electron chi connectivity index (χ3n) is 5.19. The lowest BCUT2D eigenvalue weighted by molar-refractivity contribution is -0.116. The predicted molar refractivity (Wildman–Crippen MR) is 103 cm³/mol. The number of allylic oxidation sites excluding steroid dienone is 3.